The topological polar surface area (TPSA) is 41.1 Å². The molecule has 0 aromatic heterocycles. The largest absolute Gasteiger partial charge is 0.325 e. The first-order valence-electron chi connectivity index (χ1n) is 7.21. The summed E-state index contributed by atoms with van der Waals surface area (Å²) in [5, 5.41) is 6.17. The summed E-state index contributed by atoms with van der Waals surface area (Å²) in [5.41, 5.74) is 2.02. The number of carbonyl (C=O) groups excluding carboxylic acids is 1. The van der Waals surface area contributed by atoms with Gasteiger partial charge in [0.05, 0.1) is 6.54 Å². The Labute approximate surface area is 116 Å². The minimum atomic E-state index is 0.0212. The van der Waals surface area contributed by atoms with Gasteiger partial charge in [-0.05, 0) is 38.0 Å². The van der Waals surface area contributed by atoms with Gasteiger partial charge in [0.25, 0.3) is 0 Å². The molecule has 1 atom stereocenters. The zero-order chi connectivity index (χ0) is 14.1. The van der Waals surface area contributed by atoms with Crippen molar-refractivity contribution in [1.29, 1.82) is 0 Å². The van der Waals surface area contributed by atoms with Gasteiger partial charge in [-0.2, -0.15) is 0 Å². The summed E-state index contributed by atoms with van der Waals surface area (Å²) in [6, 6.07) is 8.25. The van der Waals surface area contributed by atoms with Crippen molar-refractivity contribution in [3.05, 3.63) is 29.8 Å². The quantitative estimate of drug-likeness (QED) is 0.704. The second-order valence-electron chi connectivity index (χ2n) is 5.20. The van der Waals surface area contributed by atoms with Gasteiger partial charge in [-0.15, -0.1) is 0 Å². The van der Waals surface area contributed by atoms with Gasteiger partial charge in [0.15, 0.2) is 0 Å². The first-order chi connectivity index (χ1) is 9.11. The van der Waals surface area contributed by atoms with Crippen LogP contribution in [0.2, 0.25) is 0 Å². The number of benzene rings is 1. The van der Waals surface area contributed by atoms with Crippen molar-refractivity contribution in [3.63, 3.8) is 0 Å². The Morgan fingerprint density at radius 3 is 2.79 bits per heavy atom. The average Bonchev–Trinajstić information content (AvgIpc) is 2.37. The highest BCUT2D eigenvalue weighted by Gasteiger charge is 2.05. The SMILES string of the molecule is CCCCCC(C)NCC(=O)Nc1cccc(C)c1. The van der Waals surface area contributed by atoms with Crippen LogP contribution in [-0.2, 0) is 4.79 Å². The van der Waals surface area contributed by atoms with Crippen molar-refractivity contribution in [2.24, 2.45) is 0 Å². The maximum Gasteiger partial charge on any atom is 0.238 e. The number of rotatable bonds is 8. The van der Waals surface area contributed by atoms with Crippen LogP contribution in [0.1, 0.15) is 45.1 Å². The highest BCUT2D eigenvalue weighted by molar-refractivity contribution is 5.92. The fourth-order valence-electron chi connectivity index (χ4n) is 2.00. The Hall–Kier alpha value is -1.35. The molecule has 19 heavy (non-hydrogen) atoms. The van der Waals surface area contributed by atoms with Gasteiger partial charge >= 0.3 is 0 Å². The van der Waals surface area contributed by atoms with Crippen LogP contribution in [0.15, 0.2) is 24.3 Å². The van der Waals surface area contributed by atoms with Crippen LogP contribution < -0.4 is 10.6 Å². The molecule has 0 aliphatic heterocycles. The fraction of sp³-hybridized carbons (Fsp3) is 0.562. The van der Waals surface area contributed by atoms with E-state index in [0.29, 0.717) is 12.6 Å². The lowest BCUT2D eigenvalue weighted by Gasteiger charge is -2.13. The molecule has 3 heteroatoms. The lowest BCUT2D eigenvalue weighted by atomic mass is 10.1. The van der Waals surface area contributed by atoms with Gasteiger partial charge in [-0.3, -0.25) is 4.79 Å². The lowest BCUT2D eigenvalue weighted by Crippen LogP contribution is -2.34. The number of carbonyl (C=O) groups is 1. The fourth-order valence-corrected chi connectivity index (χ4v) is 2.00. The van der Waals surface area contributed by atoms with E-state index >= 15 is 0 Å². The third-order valence-electron chi connectivity index (χ3n) is 3.15. The molecule has 0 saturated heterocycles. The molecule has 1 amide bonds. The number of aryl methyl sites for hydroxylation is 1. The maximum atomic E-state index is 11.8. The molecule has 1 unspecified atom stereocenters. The zero-order valence-electron chi connectivity index (χ0n) is 12.3. The molecule has 3 nitrogen and oxygen atoms in total. The van der Waals surface area contributed by atoms with Crippen LogP contribution in [0.5, 0.6) is 0 Å². The van der Waals surface area contributed by atoms with E-state index in [4.69, 9.17) is 0 Å². The molecule has 1 rings (SSSR count). The van der Waals surface area contributed by atoms with E-state index in [1.165, 1.54) is 19.3 Å². The van der Waals surface area contributed by atoms with Crippen molar-refractivity contribution < 1.29 is 4.79 Å². The summed E-state index contributed by atoms with van der Waals surface area (Å²) in [7, 11) is 0. The molecule has 0 bridgehead atoms. The molecular weight excluding hydrogens is 236 g/mol. The van der Waals surface area contributed by atoms with Crippen molar-refractivity contribution >= 4 is 11.6 Å². The molecule has 0 heterocycles. The second-order valence-corrected chi connectivity index (χ2v) is 5.20. The number of unbranched alkanes of at least 4 members (excludes halogenated alkanes) is 2. The first kappa shape index (κ1) is 15.7. The highest BCUT2D eigenvalue weighted by Crippen LogP contribution is 2.09. The van der Waals surface area contributed by atoms with Gasteiger partial charge in [-0.25, -0.2) is 0 Å². The molecule has 0 aliphatic carbocycles. The van der Waals surface area contributed by atoms with Crippen molar-refractivity contribution in [2.75, 3.05) is 11.9 Å². The molecule has 2 N–H and O–H groups in total. The Morgan fingerprint density at radius 2 is 2.11 bits per heavy atom. The van der Waals surface area contributed by atoms with Gasteiger partial charge in [0, 0.05) is 11.7 Å². The summed E-state index contributed by atoms with van der Waals surface area (Å²) < 4.78 is 0. The van der Waals surface area contributed by atoms with Crippen LogP contribution >= 0.6 is 0 Å². The molecule has 0 radical (unpaired) electrons. The number of hydrogen-bond acceptors (Lipinski definition) is 2. The molecule has 106 valence electrons. The standard InChI is InChI=1S/C16H26N2O/c1-4-5-6-9-14(3)17-12-16(19)18-15-10-7-8-13(2)11-15/h7-8,10-11,14,17H,4-6,9,12H2,1-3H3,(H,18,19). The Morgan fingerprint density at radius 1 is 1.32 bits per heavy atom. The van der Waals surface area contributed by atoms with E-state index in [1.807, 2.05) is 31.2 Å². The van der Waals surface area contributed by atoms with Crippen molar-refractivity contribution in [2.45, 2.75) is 52.5 Å². The normalized spacial score (nSPS) is 12.2. The number of nitrogens with one attached hydrogen (secondary N) is 2. The van der Waals surface area contributed by atoms with E-state index in [2.05, 4.69) is 24.5 Å². The number of hydrogen-bond donors (Lipinski definition) is 2. The second kappa shape index (κ2) is 8.70. The van der Waals surface area contributed by atoms with E-state index < -0.39 is 0 Å². The summed E-state index contributed by atoms with van der Waals surface area (Å²) in [5.74, 6) is 0.0212. The summed E-state index contributed by atoms with van der Waals surface area (Å²) in [4.78, 5) is 11.8. The first-order valence-corrected chi connectivity index (χ1v) is 7.21. The van der Waals surface area contributed by atoms with E-state index in [9.17, 15) is 4.79 Å². The van der Waals surface area contributed by atoms with Gasteiger partial charge in [-0.1, -0.05) is 38.3 Å². The van der Waals surface area contributed by atoms with Crippen LogP contribution in [0, 0.1) is 6.92 Å². The molecule has 1 aromatic carbocycles. The third-order valence-corrected chi connectivity index (χ3v) is 3.15. The number of anilines is 1. The zero-order valence-corrected chi connectivity index (χ0v) is 12.3. The summed E-state index contributed by atoms with van der Waals surface area (Å²) >= 11 is 0. The third kappa shape index (κ3) is 6.97. The van der Waals surface area contributed by atoms with Crippen LogP contribution in [0.4, 0.5) is 5.69 Å². The maximum absolute atomic E-state index is 11.8. The van der Waals surface area contributed by atoms with Gasteiger partial charge < -0.3 is 10.6 Å². The Bertz CT molecular complexity index is 390. The molecule has 1 aromatic rings. The predicted octanol–water partition coefficient (Wildman–Crippen LogP) is 3.49. The molecule has 0 spiro atoms. The van der Waals surface area contributed by atoms with Gasteiger partial charge in [0.1, 0.15) is 0 Å². The minimum Gasteiger partial charge on any atom is -0.325 e. The Kier molecular flexibility index (Phi) is 7.19. The monoisotopic (exact) mass is 262 g/mol. The van der Waals surface area contributed by atoms with Crippen LogP contribution in [0.3, 0.4) is 0 Å². The minimum absolute atomic E-state index is 0.0212. The van der Waals surface area contributed by atoms with Crippen LogP contribution in [0.25, 0.3) is 0 Å². The van der Waals surface area contributed by atoms with E-state index in [0.717, 1.165) is 17.7 Å². The summed E-state index contributed by atoms with van der Waals surface area (Å²) in [6.07, 6.45) is 4.86. The molecule has 0 saturated carbocycles. The lowest BCUT2D eigenvalue weighted by molar-refractivity contribution is -0.115. The highest BCUT2D eigenvalue weighted by atomic mass is 16.1. The molecular formula is C16H26N2O. The van der Waals surface area contributed by atoms with E-state index in [-0.39, 0.29) is 5.91 Å². The van der Waals surface area contributed by atoms with Crippen LogP contribution in [-0.4, -0.2) is 18.5 Å². The van der Waals surface area contributed by atoms with Crippen molar-refractivity contribution in [1.82, 2.24) is 5.32 Å². The Balaban J connectivity index is 2.24. The van der Waals surface area contributed by atoms with E-state index in [1.54, 1.807) is 0 Å². The summed E-state index contributed by atoms with van der Waals surface area (Å²) in [6.45, 7) is 6.73. The molecule has 0 aliphatic rings. The van der Waals surface area contributed by atoms with Gasteiger partial charge in [0.2, 0.25) is 5.91 Å². The predicted molar refractivity (Wildman–Crippen MR) is 81.4 cm³/mol. The molecule has 0 fully saturated rings. The smallest absolute Gasteiger partial charge is 0.238 e. The average molecular weight is 262 g/mol. The number of amides is 1. The van der Waals surface area contributed by atoms with Crippen molar-refractivity contribution in [3.8, 4) is 0 Å².